The van der Waals surface area contributed by atoms with E-state index in [1.807, 2.05) is 11.0 Å². The Morgan fingerprint density at radius 1 is 1.25 bits per heavy atom. The largest absolute Gasteiger partial charge is 0.481 e. The lowest BCUT2D eigenvalue weighted by Gasteiger charge is -2.35. The zero-order valence-corrected chi connectivity index (χ0v) is 14.4. The highest BCUT2D eigenvalue weighted by molar-refractivity contribution is 5.96. The van der Waals surface area contributed by atoms with Gasteiger partial charge >= 0.3 is 0 Å². The van der Waals surface area contributed by atoms with E-state index in [1.54, 1.807) is 20.1 Å². The Hall–Kier alpha value is -2.31. The summed E-state index contributed by atoms with van der Waals surface area (Å²) in [5, 5.41) is 3.01. The van der Waals surface area contributed by atoms with Crippen LogP contribution in [0.2, 0.25) is 0 Å². The number of aromatic nitrogens is 1. The van der Waals surface area contributed by atoms with Crippen LogP contribution in [-0.4, -0.2) is 55.0 Å². The van der Waals surface area contributed by atoms with Gasteiger partial charge in [-0.05, 0) is 18.4 Å². The summed E-state index contributed by atoms with van der Waals surface area (Å²) in [4.78, 5) is 32.2. The predicted octanol–water partition coefficient (Wildman–Crippen LogP) is 1.35. The number of pyridine rings is 1. The highest BCUT2D eigenvalue weighted by Crippen LogP contribution is 2.39. The number of anilines is 2. The third-order valence-electron chi connectivity index (χ3n) is 4.79. The molecule has 1 saturated carbocycles. The molecule has 2 amide bonds. The molecule has 1 aromatic rings. The van der Waals surface area contributed by atoms with E-state index in [0.717, 1.165) is 6.42 Å². The van der Waals surface area contributed by atoms with Crippen molar-refractivity contribution >= 4 is 23.3 Å². The van der Waals surface area contributed by atoms with Crippen LogP contribution < -0.4 is 15.0 Å². The van der Waals surface area contributed by atoms with Gasteiger partial charge in [0.15, 0.2) is 5.82 Å². The number of piperazine rings is 1. The fraction of sp³-hybridized carbons (Fsp3) is 0.588. The van der Waals surface area contributed by atoms with Crippen molar-refractivity contribution in [3.63, 3.8) is 0 Å². The fourth-order valence-corrected chi connectivity index (χ4v) is 3.03. The monoisotopic (exact) mass is 332 g/mol. The molecule has 3 rings (SSSR count). The van der Waals surface area contributed by atoms with Crippen molar-refractivity contribution in [2.45, 2.75) is 20.3 Å². The number of nitrogens with one attached hydrogen (secondary N) is 1. The first-order valence-corrected chi connectivity index (χ1v) is 8.36. The smallest absolute Gasteiger partial charge is 0.227 e. The van der Waals surface area contributed by atoms with Crippen molar-refractivity contribution in [3.8, 4) is 5.88 Å². The zero-order chi connectivity index (χ0) is 17.3. The van der Waals surface area contributed by atoms with Gasteiger partial charge < -0.3 is 19.9 Å². The second-order valence-corrected chi connectivity index (χ2v) is 6.53. The molecule has 0 aromatic carbocycles. The summed E-state index contributed by atoms with van der Waals surface area (Å²) in [6.07, 6.45) is 0.946. The normalized spacial score (nSPS) is 23.0. The second-order valence-electron chi connectivity index (χ2n) is 6.53. The summed E-state index contributed by atoms with van der Waals surface area (Å²) in [5.41, 5.74) is 0.705. The lowest BCUT2D eigenvalue weighted by atomic mass is 10.2. The van der Waals surface area contributed by atoms with Crippen LogP contribution in [0.1, 0.15) is 20.3 Å². The van der Waals surface area contributed by atoms with Gasteiger partial charge in [-0.2, -0.15) is 4.98 Å². The molecule has 2 heterocycles. The van der Waals surface area contributed by atoms with E-state index in [2.05, 4.69) is 22.1 Å². The van der Waals surface area contributed by atoms with Gasteiger partial charge in [-0.1, -0.05) is 6.92 Å². The maximum absolute atomic E-state index is 12.3. The van der Waals surface area contributed by atoms with Crippen LogP contribution in [0.25, 0.3) is 0 Å². The summed E-state index contributed by atoms with van der Waals surface area (Å²) >= 11 is 0. The third kappa shape index (κ3) is 3.44. The molecule has 0 radical (unpaired) electrons. The Kier molecular flexibility index (Phi) is 4.59. The van der Waals surface area contributed by atoms with E-state index < -0.39 is 0 Å². The van der Waals surface area contributed by atoms with Crippen molar-refractivity contribution in [3.05, 3.63) is 12.1 Å². The molecule has 130 valence electrons. The minimum absolute atomic E-state index is 0.0538. The van der Waals surface area contributed by atoms with E-state index in [0.29, 0.717) is 49.5 Å². The van der Waals surface area contributed by atoms with Crippen LogP contribution >= 0.6 is 0 Å². The average molecular weight is 332 g/mol. The van der Waals surface area contributed by atoms with Crippen molar-refractivity contribution < 1.29 is 14.3 Å². The van der Waals surface area contributed by atoms with Gasteiger partial charge in [-0.3, -0.25) is 9.59 Å². The number of carbonyl (C=O) groups is 2. The summed E-state index contributed by atoms with van der Waals surface area (Å²) in [7, 11) is 1.57. The third-order valence-corrected chi connectivity index (χ3v) is 4.79. The van der Waals surface area contributed by atoms with E-state index in [-0.39, 0.29) is 17.7 Å². The highest BCUT2D eigenvalue weighted by Gasteiger charge is 2.39. The summed E-state index contributed by atoms with van der Waals surface area (Å²) in [5.74, 6) is 1.92. The lowest BCUT2D eigenvalue weighted by Crippen LogP contribution is -2.48. The van der Waals surface area contributed by atoms with Crippen LogP contribution in [0.5, 0.6) is 5.88 Å². The standard InChI is InChI=1S/C17H24N4O3/c1-11-10-13(11)17(23)18-14-4-5-15(24-3)19-16(14)21-8-6-20(7-9-21)12(2)22/h4-5,11,13H,6-10H2,1-3H3,(H,18,23)/t11-,13-/m0/s1. The summed E-state index contributed by atoms with van der Waals surface area (Å²) in [6, 6.07) is 3.59. The van der Waals surface area contributed by atoms with Crippen molar-refractivity contribution in [2.24, 2.45) is 11.8 Å². The molecule has 1 aliphatic heterocycles. The molecule has 7 heteroatoms. The molecule has 7 nitrogen and oxygen atoms in total. The second kappa shape index (κ2) is 6.67. The SMILES string of the molecule is COc1ccc(NC(=O)[C@H]2C[C@@H]2C)c(N2CCN(C(C)=O)CC2)n1. The Labute approximate surface area is 142 Å². The van der Waals surface area contributed by atoms with E-state index in [9.17, 15) is 9.59 Å². The van der Waals surface area contributed by atoms with Crippen LogP contribution in [-0.2, 0) is 9.59 Å². The molecule has 1 aliphatic carbocycles. The molecule has 0 bridgehead atoms. The van der Waals surface area contributed by atoms with Gasteiger partial charge in [-0.25, -0.2) is 0 Å². The minimum Gasteiger partial charge on any atom is -0.481 e. The van der Waals surface area contributed by atoms with Gasteiger partial charge in [-0.15, -0.1) is 0 Å². The van der Waals surface area contributed by atoms with Crippen molar-refractivity contribution in [1.29, 1.82) is 0 Å². The highest BCUT2D eigenvalue weighted by atomic mass is 16.5. The van der Waals surface area contributed by atoms with Crippen molar-refractivity contribution in [1.82, 2.24) is 9.88 Å². The maximum atomic E-state index is 12.3. The Morgan fingerprint density at radius 2 is 1.92 bits per heavy atom. The van der Waals surface area contributed by atoms with Crippen LogP contribution in [0.15, 0.2) is 12.1 Å². The number of hydrogen-bond acceptors (Lipinski definition) is 5. The minimum atomic E-state index is 0.0538. The van der Waals surface area contributed by atoms with Crippen molar-refractivity contribution in [2.75, 3.05) is 43.5 Å². The molecule has 1 N–H and O–H groups in total. The lowest BCUT2D eigenvalue weighted by molar-refractivity contribution is -0.129. The number of methoxy groups -OCH3 is 1. The van der Waals surface area contributed by atoms with E-state index in [1.165, 1.54) is 0 Å². The Bertz CT molecular complexity index is 641. The van der Waals surface area contributed by atoms with Gasteiger partial charge in [0.25, 0.3) is 0 Å². The number of rotatable bonds is 4. The molecule has 2 fully saturated rings. The van der Waals surface area contributed by atoms with Crippen LogP contribution in [0.4, 0.5) is 11.5 Å². The predicted molar refractivity (Wildman–Crippen MR) is 91.2 cm³/mol. The van der Waals surface area contributed by atoms with Gasteiger partial charge in [0.05, 0.1) is 12.8 Å². The molecule has 24 heavy (non-hydrogen) atoms. The maximum Gasteiger partial charge on any atom is 0.227 e. The number of carbonyl (C=O) groups excluding carboxylic acids is 2. The molecule has 2 atom stereocenters. The molecule has 2 aliphatic rings. The number of nitrogens with zero attached hydrogens (tertiary/aromatic N) is 3. The average Bonchev–Trinajstić information content (AvgIpc) is 3.32. The molecule has 1 aromatic heterocycles. The van der Waals surface area contributed by atoms with Gasteiger partial charge in [0.1, 0.15) is 0 Å². The quantitative estimate of drug-likeness (QED) is 0.901. The summed E-state index contributed by atoms with van der Waals surface area (Å²) < 4.78 is 5.23. The first-order chi connectivity index (χ1) is 11.5. The van der Waals surface area contributed by atoms with Crippen LogP contribution in [0.3, 0.4) is 0 Å². The molecule has 0 spiro atoms. The Morgan fingerprint density at radius 3 is 2.46 bits per heavy atom. The zero-order valence-electron chi connectivity index (χ0n) is 14.4. The fourth-order valence-electron chi connectivity index (χ4n) is 3.03. The number of amides is 2. The first-order valence-electron chi connectivity index (χ1n) is 8.36. The molecule has 1 saturated heterocycles. The number of ether oxygens (including phenoxy) is 1. The first kappa shape index (κ1) is 16.5. The Balaban J connectivity index is 1.77. The number of hydrogen-bond donors (Lipinski definition) is 1. The van der Waals surface area contributed by atoms with Gasteiger partial charge in [0.2, 0.25) is 17.7 Å². The summed E-state index contributed by atoms with van der Waals surface area (Å²) in [6.45, 7) is 6.34. The van der Waals surface area contributed by atoms with Gasteiger partial charge in [0, 0.05) is 45.1 Å². The molecular formula is C17H24N4O3. The molecule has 0 unspecified atom stereocenters. The van der Waals surface area contributed by atoms with E-state index in [4.69, 9.17) is 4.74 Å². The topological polar surface area (TPSA) is 74.8 Å². The van der Waals surface area contributed by atoms with Crippen LogP contribution in [0, 0.1) is 11.8 Å². The molecular weight excluding hydrogens is 308 g/mol. The van der Waals surface area contributed by atoms with E-state index >= 15 is 0 Å².